The molecule has 0 aromatic heterocycles. The van der Waals surface area contributed by atoms with E-state index in [0.29, 0.717) is 12.8 Å². The molecule has 0 aliphatic rings. The van der Waals surface area contributed by atoms with Gasteiger partial charge in [-0.3, -0.25) is 0 Å². The van der Waals surface area contributed by atoms with Crippen molar-refractivity contribution in [3.63, 3.8) is 0 Å². The van der Waals surface area contributed by atoms with Crippen LogP contribution in [0.1, 0.15) is 25.3 Å². The second-order valence-corrected chi connectivity index (χ2v) is 4.54. The number of hydrogen-bond donors (Lipinski definition) is 1. The summed E-state index contributed by atoms with van der Waals surface area (Å²) in [5.74, 6) is 0. The van der Waals surface area contributed by atoms with Gasteiger partial charge in [0.25, 0.3) is 0 Å². The third-order valence-corrected chi connectivity index (χ3v) is 3.09. The standard InChI is InChI=1S/C17H20O/c18-17(13-11-15-7-3-1-4-8-15)14-12-16-9-5-2-6-10-16/h1-10,17-18H,11-14H2/i17D. The van der Waals surface area contributed by atoms with Crippen LogP contribution in [0.5, 0.6) is 0 Å². The molecule has 0 spiro atoms. The van der Waals surface area contributed by atoms with Crippen LogP contribution >= 0.6 is 0 Å². The van der Waals surface area contributed by atoms with E-state index in [4.69, 9.17) is 1.37 Å². The molecular weight excluding hydrogens is 220 g/mol. The molecule has 94 valence electrons. The van der Waals surface area contributed by atoms with Crippen LogP contribution in [0.3, 0.4) is 0 Å². The first-order valence-corrected chi connectivity index (χ1v) is 6.46. The fourth-order valence-electron chi connectivity index (χ4n) is 1.99. The SMILES string of the molecule is [2H]C(O)(CCc1ccccc1)CCc1ccccc1. The molecule has 18 heavy (non-hydrogen) atoms. The lowest BCUT2D eigenvalue weighted by Crippen LogP contribution is -2.09. The van der Waals surface area contributed by atoms with Crippen LogP contribution in [0.25, 0.3) is 0 Å². The predicted octanol–water partition coefficient (Wildman–Crippen LogP) is 3.61. The zero-order valence-electron chi connectivity index (χ0n) is 11.5. The molecular formula is C17H20O. The molecule has 0 aliphatic carbocycles. The van der Waals surface area contributed by atoms with E-state index in [-0.39, 0.29) is 0 Å². The fraction of sp³-hybridized carbons (Fsp3) is 0.294. The summed E-state index contributed by atoms with van der Waals surface area (Å²) in [5.41, 5.74) is 2.35. The summed E-state index contributed by atoms with van der Waals surface area (Å²) in [7, 11) is 0. The molecule has 2 aromatic rings. The van der Waals surface area contributed by atoms with Gasteiger partial charge in [0.1, 0.15) is 0 Å². The summed E-state index contributed by atoms with van der Waals surface area (Å²) < 4.78 is 7.98. The zero-order valence-corrected chi connectivity index (χ0v) is 10.5. The van der Waals surface area contributed by atoms with Crippen molar-refractivity contribution < 1.29 is 6.48 Å². The molecule has 0 bridgehead atoms. The summed E-state index contributed by atoms with van der Waals surface area (Å²) in [6, 6.07) is 20.0. The number of aliphatic hydroxyl groups is 1. The van der Waals surface area contributed by atoms with Gasteiger partial charge in [-0.05, 0) is 36.8 Å². The predicted molar refractivity (Wildman–Crippen MR) is 75.5 cm³/mol. The summed E-state index contributed by atoms with van der Waals surface area (Å²) in [6.45, 7) is 0. The number of hydrogen-bond acceptors (Lipinski definition) is 1. The molecule has 0 amide bonds. The zero-order chi connectivity index (χ0) is 13.6. The topological polar surface area (TPSA) is 20.2 Å². The molecule has 0 radical (unpaired) electrons. The fourth-order valence-corrected chi connectivity index (χ4v) is 1.99. The van der Waals surface area contributed by atoms with Crippen molar-refractivity contribution >= 4 is 0 Å². The van der Waals surface area contributed by atoms with Crippen LogP contribution in [0, 0.1) is 0 Å². The molecule has 1 nitrogen and oxygen atoms in total. The van der Waals surface area contributed by atoms with Crippen molar-refractivity contribution in [2.75, 3.05) is 0 Å². The Morgan fingerprint density at radius 1 is 0.778 bits per heavy atom. The van der Waals surface area contributed by atoms with Crippen molar-refractivity contribution in [1.29, 1.82) is 0 Å². The molecule has 0 saturated heterocycles. The highest BCUT2D eigenvalue weighted by atomic mass is 16.3. The minimum Gasteiger partial charge on any atom is -0.393 e. The Balaban J connectivity index is 1.82. The summed E-state index contributed by atoms with van der Waals surface area (Å²) in [5, 5.41) is 10.1. The molecule has 2 aromatic carbocycles. The monoisotopic (exact) mass is 241 g/mol. The minimum absolute atomic E-state index is 0.476. The summed E-state index contributed by atoms with van der Waals surface area (Å²) in [4.78, 5) is 0. The summed E-state index contributed by atoms with van der Waals surface area (Å²) >= 11 is 0. The molecule has 0 heterocycles. The average Bonchev–Trinajstić information content (AvgIpc) is 2.46. The lowest BCUT2D eigenvalue weighted by molar-refractivity contribution is 0.155. The molecule has 0 atom stereocenters. The van der Waals surface area contributed by atoms with Crippen LogP contribution < -0.4 is 0 Å². The second-order valence-electron chi connectivity index (χ2n) is 4.54. The Labute approximate surface area is 111 Å². The van der Waals surface area contributed by atoms with Crippen LogP contribution in [0.4, 0.5) is 0 Å². The van der Waals surface area contributed by atoms with Gasteiger partial charge in [0.05, 0.1) is 7.45 Å². The van der Waals surface area contributed by atoms with E-state index in [0.717, 1.165) is 12.8 Å². The number of benzene rings is 2. The second kappa shape index (κ2) is 6.97. The molecule has 1 N–H and O–H groups in total. The maximum Gasteiger partial charge on any atom is 0.0601 e. The smallest absolute Gasteiger partial charge is 0.0601 e. The van der Waals surface area contributed by atoms with Gasteiger partial charge in [-0.25, -0.2) is 0 Å². The van der Waals surface area contributed by atoms with Gasteiger partial charge in [0.2, 0.25) is 0 Å². The van der Waals surface area contributed by atoms with Crippen molar-refractivity contribution in [3.05, 3.63) is 71.8 Å². The normalized spacial score (nSPS) is 12.2. The lowest BCUT2D eigenvalue weighted by Gasteiger charge is -2.10. The Morgan fingerprint density at radius 2 is 1.17 bits per heavy atom. The van der Waals surface area contributed by atoms with E-state index in [1.54, 1.807) is 0 Å². The third-order valence-electron chi connectivity index (χ3n) is 3.09. The van der Waals surface area contributed by atoms with Gasteiger partial charge in [0, 0.05) is 0 Å². The molecule has 2 rings (SSSR count). The van der Waals surface area contributed by atoms with Crippen LogP contribution in [0.15, 0.2) is 60.7 Å². The van der Waals surface area contributed by atoms with E-state index in [2.05, 4.69) is 0 Å². The molecule has 0 saturated carbocycles. The van der Waals surface area contributed by atoms with Gasteiger partial charge in [-0.2, -0.15) is 0 Å². The van der Waals surface area contributed by atoms with Crippen molar-refractivity contribution in [1.82, 2.24) is 0 Å². The van der Waals surface area contributed by atoms with E-state index < -0.39 is 6.08 Å². The lowest BCUT2D eigenvalue weighted by atomic mass is 10.0. The first kappa shape index (κ1) is 11.5. The van der Waals surface area contributed by atoms with Gasteiger partial charge >= 0.3 is 0 Å². The van der Waals surface area contributed by atoms with Crippen LogP contribution in [-0.4, -0.2) is 11.2 Å². The van der Waals surface area contributed by atoms with Gasteiger partial charge in [0.15, 0.2) is 0 Å². The van der Waals surface area contributed by atoms with Crippen molar-refractivity contribution in [2.24, 2.45) is 0 Å². The summed E-state index contributed by atoms with van der Waals surface area (Å²) in [6.07, 6.45) is 1.10. The Hall–Kier alpha value is -1.60. The maximum absolute atomic E-state index is 10.1. The first-order valence-electron chi connectivity index (χ1n) is 6.96. The van der Waals surface area contributed by atoms with Gasteiger partial charge < -0.3 is 5.11 Å². The third kappa shape index (κ3) is 4.34. The van der Waals surface area contributed by atoms with Crippen LogP contribution in [0.2, 0.25) is 0 Å². The molecule has 1 heteroatoms. The first-order chi connectivity index (χ1) is 9.16. The largest absolute Gasteiger partial charge is 0.393 e. The molecule has 0 unspecified atom stereocenters. The van der Waals surface area contributed by atoms with E-state index in [1.807, 2.05) is 60.7 Å². The van der Waals surface area contributed by atoms with Crippen molar-refractivity contribution in [2.45, 2.75) is 31.8 Å². The highest BCUT2D eigenvalue weighted by molar-refractivity contribution is 5.16. The average molecular weight is 241 g/mol. The Bertz CT molecular complexity index is 434. The molecule has 0 aliphatic heterocycles. The number of rotatable bonds is 6. The van der Waals surface area contributed by atoms with E-state index in [1.165, 1.54) is 11.1 Å². The Morgan fingerprint density at radius 3 is 1.56 bits per heavy atom. The highest BCUT2D eigenvalue weighted by Crippen LogP contribution is 2.10. The van der Waals surface area contributed by atoms with E-state index in [9.17, 15) is 5.11 Å². The molecule has 0 fully saturated rings. The number of aryl methyl sites for hydroxylation is 2. The quantitative estimate of drug-likeness (QED) is 0.819. The Kier molecular flexibility index (Phi) is 4.45. The van der Waals surface area contributed by atoms with Crippen LogP contribution in [-0.2, 0) is 12.8 Å². The maximum atomic E-state index is 10.1. The highest BCUT2D eigenvalue weighted by Gasteiger charge is 2.05. The van der Waals surface area contributed by atoms with Crippen molar-refractivity contribution in [3.8, 4) is 0 Å². The van der Waals surface area contributed by atoms with E-state index >= 15 is 0 Å². The minimum atomic E-state index is -1.34. The van der Waals surface area contributed by atoms with Gasteiger partial charge in [-0.1, -0.05) is 60.7 Å². The van der Waals surface area contributed by atoms with Gasteiger partial charge in [-0.15, -0.1) is 0 Å².